The Morgan fingerprint density at radius 1 is 0.623 bits per heavy atom. The van der Waals surface area contributed by atoms with Crippen LogP contribution in [0.4, 0.5) is 0 Å². The highest BCUT2D eigenvalue weighted by molar-refractivity contribution is 5.69. The number of carbonyl (C=O) groups is 1. The number of esters is 1. The van der Waals surface area contributed by atoms with Crippen LogP contribution in [0.15, 0.2) is 48.6 Å². The molecule has 1 rings (SSSR count). The van der Waals surface area contributed by atoms with E-state index in [-0.39, 0.29) is 19.2 Å². The maximum absolute atomic E-state index is 12.7. The van der Waals surface area contributed by atoms with Crippen molar-refractivity contribution < 1.29 is 44.2 Å². The molecular formula is C44H78O9. The summed E-state index contributed by atoms with van der Waals surface area (Å²) in [4.78, 5) is 12.7. The molecule has 1 fully saturated rings. The van der Waals surface area contributed by atoms with E-state index in [1.807, 2.05) is 0 Å². The molecule has 0 radical (unpaired) electrons. The van der Waals surface area contributed by atoms with Gasteiger partial charge in [0.25, 0.3) is 0 Å². The first-order chi connectivity index (χ1) is 25.9. The van der Waals surface area contributed by atoms with E-state index in [1.165, 1.54) is 70.6 Å². The number of allylic oxidation sites excluding steroid dienone is 8. The van der Waals surface area contributed by atoms with Crippen LogP contribution in [0, 0.1) is 0 Å². The van der Waals surface area contributed by atoms with Crippen molar-refractivity contribution in [2.75, 3.05) is 26.4 Å². The minimum atomic E-state index is -1.54. The SMILES string of the molecule is CC/C=C\C/C=C\C/C=C\C/C=C\CCCCCOCC(COC1OC(CO)C(O)C(O)C1O)OC(=O)CCCCCCCCCCCCCCCC. The lowest BCUT2D eigenvalue weighted by Crippen LogP contribution is -2.59. The van der Waals surface area contributed by atoms with Gasteiger partial charge in [-0.2, -0.15) is 0 Å². The van der Waals surface area contributed by atoms with Crippen LogP contribution in [-0.4, -0.2) is 89.6 Å². The smallest absolute Gasteiger partial charge is 0.306 e. The number of aliphatic hydroxyl groups excluding tert-OH is 4. The number of hydrogen-bond acceptors (Lipinski definition) is 9. The van der Waals surface area contributed by atoms with E-state index >= 15 is 0 Å². The molecule has 1 heterocycles. The third kappa shape index (κ3) is 27.4. The third-order valence-electron chi connectivity index (χ3n) is 9.51. The lowest BCUT2D eigenvalue weighted by Gasteiger charge is -2.39. The van der Waals surface area contributed by atoms with E-state index in [2.05, 4.69) is 62.5 Å². The number of rotatable bonds is 35. The molecule has 0 bridgehead atoms. The number of aliphatic hydroxyl groups is 4. The van der Waals surface area contributed by atoms with Gasteiger partial charge in [-0.1, -0.05) is 152 Å². The van der Waals surface area contributed by atoms with E-state index < -0.39 is 43.4 Å². The fourth-order valence-electron chi connectivity index (χ4n) is 6.19. The van der Waals surface area contributed by atoms with Gasteiger partial charge in [0, 0.05) is 13.0 Å². The zero-order valence-corrected chi connectivity index (χ0v) is 33.5. The van der Waals surface area contributed by atoms with Gasteiger partial charge < -0.3 is 39.4 Å². The number of ether oxygens (including phenoxy) is 4. The summed E-state index contributed by atoms with van der Waals surface area (Å²) in [5.74, 6) is -0.326. The average molecular weight is 751 g/mol. The molecule has 1 aliphatic heterocycles. The van der Waals surface area contributed by atoms with Gasteiger partial charge in [-0.05, 0) is 51.4 Å². The van der Waals surface area contributed by atoms with Gasteiger partial charge in [-0.3, -0.25) is 4.79 Å². The molecule has 0 spiro atoms. The van der Waals surface area contributed by atoms with Crippen molar-refractivity contribution in [3.8, 4) is 0 Å². The topological polar surface area (TPSA) is 135 Å². The molecule has 308 valence electrons. The molecule has 4 N–H and O–H groups in total. The van der Waals surface area contributed by atoms with Crippen molar-refractivity contribution in [1.82, 2.24) is 0 Å². The summed E-state index contributed by atoms with van der Waals surface area (Å²) < 4.78 is 22.7. The second-order valence-electron chi connectivity index (χ2n) is 14.4. The molecule has 6 unspecified atom stereocenters. The van der Waals surface area contributed by atoms with E-state index in [9.17, 15) is 25.2 Å². The lowest BCUT2D eigenvalue weighted by molar-refractivity contribution is -0.305. The summed E-state index contributed by atoms with van der Waals surface area (Å²) in [6, 6.07) is 0. The predicted molar refractivity (Wildman–Crippen MR) is 215 cm³/mol. The molecule has 0 aromatic rings. The van der Waals surface area contributed by atoms with Crippen LogP contribution >= 0.6 is 0 Å². The molecule has 0 aromatic carbocycles. The molecule has 1 saturated heterocycles. The number of carbonyl (C=O) groups excluding carboxylic acids is 1. The Bertz CT molecular complexity index is 947. The standard InChI is InChI=1S/C44H78O9/c1-3-5-7-9-11-13-15-17-19-20-22-24-26-28-30-32-34-50-36-38(37-51-44-43(49)42(48)41(47)39(35-45)53-44)52-40(46)33-31-29-27-25-23-21-18-16-14-12-10-8-6-4-2/h5,7,11,13,17,19,22,24,38-39,41-45,47-49H,3-4,6,8-10,12,14-16,18,20-21,23,25-37H2,1-2H3/b7-5-,13-11-,19-17-,24-22-. The normalized spacial score (nSPS) is 21.5. The highest BCUT2D eigenvalue weighted by Gasteiger charge is 2.44. The summed E-state index contributed by atoms with van der Waals surface area (Å²) >= 11 is 0. The number of unbranched alkanes of at least 4 members (excludes halogenated alkanes) is 16. The fraction of sp³-hybridized carbons (Fsp3) is 0.795. The van der Waals surface area contributed by atoms with Crippen molar-refractivity contribution in [3.63, 3.8) is 0 Å². The maximum Gasteiger partial charge on any atom is 0.306 e. The van der Waals surface area contributed by atoms with E-state index in [4.69, 9.17) is 18.9 Å². The Morgan fingerprint density at radius 2 is 1.15 bits per heavy atom. The van der Waals surface area contributed by atoms with Gasteiger partial charge in [-0.25, -0.2) is 0 Å². The maximum atomic E-state index is 12.7. The quantitative estimate of drug-likeness (QED) is 0.0285. The molecule has 0 saturated carbocycles. The second kappa shape index (κ2) is 35.8. The van der Waals surface area contributed by atoms with Crippen LogP contribution in [0.2, 0.25) is 0 Å². The first kappa shape index (κ1) is 49.2. The van der Waals surface area contributed by atoms with Crippen molar-refractivity contribution in [2.45, 2.75) is 198 Å². The number of hydrogen-bond donors (Lipinski definition) is 4. The third-order valence-corrected chi connectivity index (χ3v) is 9.51. The zero-order valence-electron chi connectivity index (χ0n) is 33.5. The second-order valence-corrected chi connectivity index (χ2v) is 14.4. The van der Waals surface area contributed by atoms with E-state index in [1.54, 1.807) is 0 Å². The summed E-state index contributed by atoms with van der Waals surface area (Å²) in [5.41, 5.74) is 0. The van der Waals surface area contributed by atoms with Crippen LogP contribution in [0.1, 0.15) is 162 Å². The van der Waals surface area contributed by atoms with Crippen molar-refractivity contribution in [1.29, 1.82) is 0 Å². The first-order valence-electron chi connectivity index (χ1n) is 21.2. The van der Waals surface area contributed by atoms with Crippen molar-refractivity contribution in [2.24, 2.45) is 0 Å². The molecule has 0 aromatic heterocycles. The Morgan fingerprint density at radius 3 is 1.72 bits per heavy atom. The molecular weight excluding hydrogens is 672 g/mol. The molecule has 9 heteroatoms. The van der Waals surface area contributed by atoms with Gasteiger partial charge in [-0.15, -0.1) is 0 Å². The molecule has 1 aliphatic rings. The monoisotopic (exact) mass is 751 g/mol. The highest BCUT2D eigenvalue weighted by Crippen LogP contribution is 2.22. The Kier molecular flexibility index (Phi) is 33.2. The van der Waals surface area contributed by atoms with Crippen LogP contribution in [0.25, 0.3) is 0 Å². The molecule has 0 amide bonds. The van der Waals surface area contributed by atoms with Crippen LogP contribution in [0.5, 0.6) is 0 Å². The molecule has 9 nitrogen and oxygen atoms in total. The Balaban J connectivity index is 2.32. The largest absolute Gasteiger partial charge is 0.457 e. The van der Waals surface area contributed by atoms with Crippen LogP contribution in [-0.2, 0) is 23.7 Å². The summed E-state index contributed by atoms with van der Waals surface area (Å²) in [6.45, 7) is 4.36. The van der Waals surface area contributed by atoms with E-state index in [0.29, 0.717) is 13.0 Å². The van der Waals surface area contributed by atoms with Crippen molar-refractivity contribution >= 4 is 5.97 Å². The summed E-state index contributed by atoms with van der Waals surface area (Å²) in [6.07, 6.45) is 35.6. The fourth-order valence-corrected chi connectivity index (χ4v) is 6.19. The summed E-state index contributed by atoms with van der Waals surface area (Å²) in [7, 11) is 0. The van der Waals surface area contributed by atoms with Crippen LogP contribution in [0.3, 0.4) is 0 Å². The average Bonchev–Trinajstić information content (AvgIpc) is 3.16. The predicted octanol–water partition coefficient (Wildman–Crippen LogP) is 8.97. The van der Waals surface area contributed by atoms with Gasteiger partial charge in [0.1, 0.15) is 30.5 Å². The van der Waals surface area contributed by atoms with Gasteiger partial charge >= 0.3 is 5.97 Å². The van der Waals surface area contributed by atoms with Gasteiger partial charge in [0.2, 0.25) is 0 Å². The lowest BCUT2D eigenvalue weighted by atomic mass is 9.99. The first-order valence-corrected chi connectivity index (χ1v) is 21.2. The van der Waals surface area contributed by atoms with Crippen molar-refractivity contribution in [3.05, 3.63) is 48.6 Å². The zero-order chi connectivity index (χ0) is 38.6. The molecule has 53 heavy (non-hydrogen) atoms. The van der Waals surface area contributed by atoms with Crippen LogP contribution < -0.4 is 0 Å². The van der Waals surface area contributed by atoms with E-state index in [0.717, 1.165) is 70.6 Å². The Labute approximate surface area is 322 Å². The molecule has 0 aliphatic carbocycles. The highest BCUT2D eigenvalue weighted by atomic mass is 16.7. The van der Waals surface area contributed by atoms with Gasteiger partial charge in [0.05, 0.1) is 19.8 Å². The Hall–Kier alpha value is -1.85. The molecule has 6 atom stereocenters. The minimum Gasteiger partial charge on any atom is -0.457 e. The minimum absolute atomic E-state index is 0.124. The summed E-state index contributed by atoms with van der Waals surface area (Å²) in [5, 5.41) is 40.0. The van der Waals surface area contributed by atoms with Gasteiger partial charge in [0.15, 0.2) is 6.29 Å².